The summed E-state index contributed by atoms with van der Waals surface area (Å²) in [4.78, 5) is 0. The Balaban J connectivity index is 2.07. The smallest absolute Gasteiger partial charge is 0.129 e. The lowest BCUT2D eigenvalue weighted by Crippen LogP contribution is -2.01. The highest BCUT2D eigenvalue weighted by Crippen LogP contribution is 2.17. The third kappa shape index (κ3) is 3.67. The molecule has 0 saturated carbocycles. The van der Waals surface area contributed by atoms with Crippen molar-refractivity contribution in [2.75, 3.05) is 5.32 Å². The van der Waals surface area contributed by atoms with Crippen LogP contribution < -0.4 is 5.32 Å². The maximum atomic E-state index is 13.6. The second kappa shape index (κ2) is 5.82. The van der Waals surface area contributed by atoms with Crippen molar-refractivity contribution in [1.82, 2.24) is 0 Å². The first-order valence-corrected chi connectivity index (χ1v) is 6.96. The Morgan fingerprint density at radius 3 is 2.71 bits per heavy atom. The zero-order chi connectivity index (χ0) is 12.3. The highest BCUT2D eigenvalue weighted by atomic mass is 127. The van der Waals surface area contributed by atoms with Crippen molar-refractivity contribution < 1.29 is 4.39 Å². The summed E-state index contributed by atoms with van der Waals surface area (Å²) in [5, 5.41) is 3.20. The predicted octanol–water partition coefficient (Wildman–Crippen LogP) is 4.80. The lowest BCUT2D eigenvalue weighted by Gasteiger charge is -2.08. The minimum Gasteiger partial charge on any atom is -0.381 e. The van der Waals surface area contributed by atoms with Crippen LogP contribution in [0.5, 0.6) is 0 Å². The number of halogens is 3. The molecule has 0 aromatic heterocycles. The molecule has 0 saturated heterocycles. The monoisotopic (exact) mass is 405 g/mol. The molecular formula is C13H10BrFIN. The lowest BCUT2D eigenvalue weighted by atomic mass is 10.2. The van der Waals surface area contributed by atoms with Gasteiger partial charge in [-0.25, -0.2) is 4.39 Å². The first-order valence-electron chi connectivity index (χ1n) is 5.08. The van der Waals surface area contributed by atoms with Crippen LogP contribution in [0.15, 0.2) is 46.9 Å². The Labute approximate surface area is 122 Å². The Morgan fingerprint density at radius 1 is 1.18 bits per heavy atom. The van der Waals surface area contributed by atoms with E-state index in [-0.39, 0.29) is 5.82 Å². The molecule has 17 heavy (non-hydrogen) atoms. The van der Waals surface area contributed by atoms with Crippen molar-refractivity contribution in [2.24, 2.45) is 0 Å². The molecule has 0 radical (unpaired) electrons. The highest BCUT2D eigenvalue weighted by molar-refractivity contribution is 14.1. The summed E-state index contributed by atoms with van der Waals surface area (Å²) in [6, 6.07) is 13.1. The van der Waals surface area contributed by atoms with Gasteiger partial charge >= 0.3 is 0 Å². The number of hydrogen-bond donors (Lipinski definition) is 1. The molecule has 88 valence electrons. The summed E-state index contributed by atoms with van der Waals surface area (Å²) in [7, 11) is 0. The van der Waals surface area contributed by atoms with E-state index in [4.69, 9.17) is 0 Å². The van der Waals surface area contributed by atoms with E-state index in [0.717, 1.165) is 13.7 Å². The van der Waals surface area contributed by atoms with Gasteiger partial charge in [0, 0.05) is 25.8 Å². The quantitative estimate of drug-likeness (QED) is 0.723. The molecule has 0 aliphatic rings. The van der Waals surface area contributed by atoms with Crippen molar-refractivity contribution >= 4 is 44.2 Å². The van der Waals surface area contributed by atoms with Crippen molar-refractivity contribution in [3.05, 3.63) is 61.9 Å². The molecular weight excluding hydrogens is 396 g/mol. The topological polar surface area (TPSA) is 12.0 Å². The molecule has 1 N–H and O–H groups in total. The fraction of sp³-hybridized carbons (Fsp3) is 0.0769. The standard InChI is InChI=1S/C13H10BrFIN/c14-10-5-4-9(13(15)6-10)8-17-12-3-1-2-11(16)7-12/h1-7,17H,8H2. The molecule has 0 bridgehead atoms. The van der Waals surface area contributed by atoms with Crippen LogP contribution in [0.1, 0.15) is 5.56 Å². The van der Waals surface area contributed by atoms with Crippen molar-refractivity contribution in [1.29, 1.82) is 0 Å². The van der Waals surface area contributed by atoms with Crippen molar-refractivity contribution in [3.8, 4) is 0 Å². The van der Waals surface area contributed by atoms with Crippen LogP contribution in [-0.2, 0) is 6.54 Å². The van der Waals surface area contributed by atoms with E-state index in [1.54, 1.807) is 6.07 Å². The largest absolute Gasteiger partial charge is 0.381 e. The SMILES string of the molecule is Fc1cc(Br)ccc1CNc1cccc(I)c1. The van der Waals surface area contributed by atoms with E-state index >= 15 is 0 Å². The van der Waals surface area contributed by atoms with Gasteiger partial charge in [-0.3, -0.25) is 0 Å². The van der Waals surface area contributed by atoms with Crippen molar-refractivity contribution in [2.45, 2.75) is 6.54 Å². The Morgan fingerprint density at radius 2 is 2.00 bits per heavy atom. The zero-order valence-corrected chi connectivity index (χ0v) is 12.6. The Bertz CT molecular complexity index is 531. The van der Waals surface area contributed by atoms with E-state index in [0.29, 0.717) is 12.1 Å². The van der Waals surface area contributed by atoms with E-state index in [9.17, 15) is 4.39 Å². The average Bonchev–Trinajstić information content (AvgIpc) is 2.28. The molecule has 0 unspecified atom stereocenters. The van der Waals surface area contributed by atoms with E-state index in [1.807, 2.05) is 30.3 Å². The van der Waals surface area contributed by atoms with Crippen LogP contribution >= 0.6 is 38.5 Å². The Hall–Kier alpha value is -0.620. The van der Waals surface area contributed by atoms with Crippen molar-refractivity contribution in [3.63, 3.8) is 0 Å². The van der Waals surface area contributed by atoms with Crippen LogP contribution in [0, 0.1) is 9.39 Å². The Kier molecular flexibility index (Phi) is 4.39. The summed E-state index contributed by atoms with van der Waals surface area (Å²) in [5.41, 5.74) is 1.66. The second-order valence-corrected chi connectivity index (χ2v) is 5.76. The average molecular weight is 406 g/mol. The molecule has 0 heterocycles. The molecule has 2 rings (SSSR count). The zero-order valence-electron chi connectivity index (χ0n) is 8.88. The van der Waals surface area contributed by atoms with Gasteiger partial charge in [0.05, 0.1) is 0 Å². The number of nitrogens with one attached hydrogen (secondary N) is 1. The minimum absolute atomic E-state index is 0.197. The van der Waals surface area contributed by atoms with Gasteiger partial charge in [-0.15, -0.1) is 0 Å². The number of benzene rings is 2. The van der Waals surface area contributed by atoms with Gasteiger partial charge in [0.25, 0.3) is 0 Å². The molecule has 4 heteroatoms. The molecule has 2 aromatic rings. The normalized spacial score (nSPS) is 10.3. The molecule has 2 aromatic carbocycles. The van der Waals surface area contributed by atoms with Gasteiger partial charge in [0.15, 0.2) is 0 Å². The summed E-state index contributed by atoms with van der Waals surface area (Å²) in [5.74, 6) is -0.197. The fourth-order valence-corrected chi connectivity index (χ4v) is 2.34. The number of hydrogen-bond acceptors (Lipinski definition) is 1. The van der Waals surface area contributed by atoms with Gasteiger partial charge in [0.1, 0.15) is 5.82 Å². The molecule has 0 amide bonds. The minimum atomic E-state index is -0.197. The molecule has 0 fully saturated rings. The van der Waals surface area contributed by atoms with Gasteiger partial charge in [-0.2, -0.15) is 0 Å². The van der Waals surface area contributed by atoms with Gasteiger partial charge in [-0.05, 0) is 52.9 Å². The lowest BCUT2D eigenvalue weighted by molar-refractivity contribution is 0.612. The summed E-state index contributed by atoms with van der Waals surface area (Å²) in [6.45, 7) is 0.485. The number of rotatable bonds is 3. The maximum Gasteiger partial charge on any atom is 0.129 e. The van der Waals surface area contributed by atoms with E-state index < -0.39 is 0 Å². The molecule has 0 aliphatic carbocycles. The second-order valence-electron chi connectivity index (χ2n) is 3.60. The third-order valence-corrected chi connectivity index (χ3v) is 3.49. The highest BCUT2D eigenvalue weighted by Gasteiger charge is 2.02. The third-order valence-electron chi connectivity index (χ3n) is 2.32. The van der Waals surface area contributed by atoms with E-state index in [1.165, 1.54) is 6.07 Å². The summed E-state index contributed by atoms with van der Waals surface area (Å²) in [6.07, 6.45) is 0. The van der Waals surface area contributed by atoms with E-state index in [2.05, 4.69) is 43.8 Å². The van der Waals surface area contributed by atoms with Crippen LogP contribution in [0.4, 0.5) is 10.1 Å². The maximum absolute atomic E-state index is 13.6. The molecule has 1 nitrogen and oxygen atoms in total. The molecule has 0 spiro atoms. The van der Waals surface area contributed by atoms with Crippen LogP contribution in [-0.4, -0.2) is 0 Å². The van der Waals surface area contributed by atoms with Crippen LogP contribution in [0.3, 0.4) is 0 Å². The first kappa shape index (κ1) is 12.8. The summed E-state index contributed by atoms with van der Waals surface area (Å²) < 4.78 is 15.5. The number of anilines is 1. The fourth-order valence-electron chi connectivity index (χ4n) is 1.46. The van der Waals surface area contributed by atoms with Gasteiger partial charge in [0.2, 0.25) is 0 Å². The summed E-state index contributed by atoms with van der Waals surface area (Å²) >= 11 is 5.49. The molecule has 0 aliphatic heterocycles. The van der Waals surface area contributed by atoms with Crippen LogP contribution in [0.2, 0.25) is 0 Å². The first-order chi connectivity index (χ1) is 8.15. The predicted molar refractivity (Wildman–Crippen MR) is 80.6 cm³/mol. The van der Waals surface area contributed by atoms with Gasteiger partial charge < -0.3 is 5.32 Å². The van der Waals surface area contributed by atoms with Gasteiger partial charge in [-0.1, -0.05) is 28.1 Å². The molecule has 0 atom stereocenters. The van der Waals surface area contributed by atoms with Crippen LogP contribution in [0.25, 0.3) is 0 Å².